The lowest BCUT2D eigenvalue weighted by atomic mass is 9.95. The Balaban J connectivity index is 1.04. The number of methoxy groups -OCH3 is 2. The number of carbonyl (C=O) groups excluding carboxylic acids is 1. The van der Waals surface area contributed by atoms with Gasteiger partial charge in [0.15, 0.2) is 14.6 Å². The normalized spacial score (nSPS) is 30.6. The average molecular weight is 845 g/mol. The van der Waals surface area contributed by atoms with E-state index in [2.05, 4.69) is 82.4 Å². The topological polar surface area (TPSA) is 109 Å². The van der Waals surface area contributed by atoms with Crippen LogP contribution in [0.15, 0.2) is 91.2 Å². The molecule has 0 unspecified atom stereocenters. The monoisotopic (exact) mass is 844 g/mol. The molecule has 0 bridgehead atoms. The Morgan fingerprint density at radius 3 is 2.45 bits per heavy atom. The number of carbonyl (C=O) groups is 1. The maximum absolute atomic E-state index is 12.4. The van der Waals surface area contributed by atoms with Crippen LogP contribution in [0.4, 0.5) is 0 Å². The molecule has 4 heterocycles. The van der Waals surface area contributed by atoms with Gasteiger partial charge in [-0.3, -0.25) is 4.79 Å². The van der Waals surface area contributed by atoms with Crippen LogP contribution in [-0.4, -0.2) is 96.7 Å². The molecule has 12 heteroatoms. The Kier molecular flexibility index (Phi) is 14.9. The van der Waals surface area contributed by atoms with Gasteiger partial charge in [0.25, 0.3) is 0 Å². The molecule has 3 saturated heterocycles. The van der Waals surface area contributed by atoms with Crippen molar-refractivity contribution in [1.29, 1.82) is 0 Å². The van der Waals surface area contributed by atoms with E-state index in [1.165, 1.54) is 17.9 Å². The molecular formula is C48H64O11Si. The fraction of sp³-hybridized carbons (Fsp3) is 0.562. The van der Waals surface area contributed by atoms with Gasteiger partial charge < -0.3 is 47.1 Å². The minimum absolute atomic E-state index is 0.00901. The summed E-state index contributed by atoms with van der Waals surface area (Å²) in [6.45, 7) is 12.7. The van der Waals surface area contributed by atoms with Crippen LogP contribution in [0.3, 0.4) is 0 Å². The Labute approximate surface area is 356 Å². The van der Waals surface area contributed by atoms with Crippen molar-refractivity contribution in [2.75, 3.05) is 27.4 Å². The van der Waals surface area contributed by atoms with Crippen molar-refractivity contribution in [1.82, 2.24) is 0 Å². The highest BCUT2D eigenvalue weighted by Gasteiger charge is 2.46. The number of hydrogen-bond acceptors (Lipinski definition) is 11. The minimum Gasteiger partial charge on any atom is -0.497 e. The van der Waals surface area contributed by atoms with E-state index < -0.39 is 32.9 Å². The van der Waals surface area contributed by atoms with Gasteiger partial charge in [-0.2, -0.15) is 0 Å². The van der Waals surface area contributed by atoms with Crippen molar-refractivity contribution in [2.45, 2.75) is 145 Å². The van der Waals surface area contributed by atoms with E-state index in [1.54, 1.807) is 13.4 Å². The second-order valence-corrected chi connectivity index (χ2v) is 22.6. The van der Waals surface area contributed by atoms with Gasteiger partial charge in [0.2, 0.25) is 0 Å². The first-order valence-electron chi connectivity index (χ1n) is 21.6. The van der Waals surface area contributed by atoms with Crippen LogP contribution in [0.5, 0.6) is 5.75 Å². The first kappa shape index (κ1) is 44.5. The maximum Gasteiger partial charge on any atom is 0.305 e. The van der Waals surface area contributed by atoms with Crippen LogP contribution in [-0.2, 0) is 53.7 Å². The van der Waals surface area contributed by atoms with Gasteiger partial charge in [-0.25, -0.2) is 0 Å². The highest BCUT2D eigenvalue weighted by Crippen LogP contribution is 2.41. The number of esters is 1. The third-order valence-corrected chi connectivity index (χ3v) is 17.2. The van der Waals surface area contributed by atoms with Crippen molar-refractivity contribution in [3.05, 3.63) is 102 Å². The standard InChI is InChI=1S/C48H64O11Si/c1-48(2,3)60(6,7)59-44-29-42-43(28-37(23-25-53-42)54-30-32-15-16-33-11-8-9-12-35(33)27-32)56-41(44)24-26-52-38-13-10-14-39-45(57-40(38)21-22-46(49)51-5)31-55-47(58-39)34-17-19-36(50-4)20-18-34/h8-12,14-20,24,26-27,37-45,47H,13,21-23,25,28-31H2,1-7H3/b14-10-,26-24-/t37-,38+,39-,40-,41+,42+,43-,44-,45+,47+/m0/s1. The predicted molar refractivity (Wildman–Crippen MR) is 231 cm³/mol. The first-order chi connectivity index (χ1) is 28.9. The van der Waals surface area contributed by atoms with Gasteiger partial charge in [0.1, 0.15) is 30.2 Å². The molecule has 0 radical (unpaired) electrons. The highest BCUT2D eigenvalue weighted by atomic mass is 28.4. The first-order valence-corrected chi connectivity index (χ1v) is 24.5. The molecule has 4 aliphatic rings. The van der Waals surface area contributed by atoms with Crippen LogP contribution in [0.1, 0.15) is 76.7 Å². The van der Waals surface area contributed by atoms with Crippen LogP contribution in [0.2, 0.25) is 18.1 Å². The predicted octanol–water partition coefficient (Wildman–Crippen LogP) is 9.14. The van der Waals surface area contributed by atoms with Gasteiger partial charge in [0, 0.05) is 37.9 Å². The van der Waals surface area contributed by atoms with Crippen molar-refractivity contribution in [2.24, 2.45) is 0 Å². The van der Waals surface area contributed by atoms with Crippen molar-refractivity contribution < 1.29 is 51.9 Å². The molecule has 3 aromatic carbocycles. The van der Waals surface area contributed by atoms with Crippen LogP contribution >= 0.6 is 0 Å². The number of ether oxygens (including phenoxy) is 9. The third-order valence-electron chi connectivity index (χ3n) is 12.7. The van der Waals surface area contributed by atoms with Gasteiger partial charge in [0.05, 0.1) is 64.2 Å². The van der Waals surface area contributed by atoms with E-state index in [9.17, 15) is 4.79 Å². The zero-order valence-electron chi connectivity index (χ0n) is 36.3. The molecule has 326 valence electrons. The quantitative estimate of drug-likeness (QED) is 0.0712. The van der Waals surface area contributed by atoms with E-state index in [-0.39, 0.29) is 54.1 Å². The summed E-state index contributed by atoms with van der Waals surface area (Å²) in [6.07, 6.45) is 8.16. The van der Waals surface area contributed by atoms with Gasteiger partial charge in [-0.05, 0) is 71.6 Å². The Morgan fingerprint density at radius 2 is 1.68 bits per heavy atom. The van der Waals surface area contributed by atoms with E-state index in [4.69, 9.17) is 47.1 Å². The van der Waals surface area contributed by atoms with Crippen LogP contribution in [0.25, 0.3) is 10.8 Å². The molecule has 60 heavy (non-hydrogen) atoms. The smallest absolute Gasteiger partial charge is 0.305 e. The molecule has 10 atom stereocenters. The third kappa shape index (κ3) is 11.3. The summed E-state index contributed by atoms with van der Waals surface area (Å²) >= 11 is 0. The summed E-state index contributed by atoms with van der Waals surface area (Å²) in [5.74, 6) is 0.456. The number of rotatable bonds is 13. The molecule has 0 saturated carbocycles. The molecule has 0 N–H and O–H groups in total. The van der Waals surface area contributed by atoms with Crippen LogP contribution in [0, 0.1) is 0 Å². The van der Waals surface area contributed by atoms with Gasteiger partial charge in [-0.15, -0.1) is 0 Å². The summed E-state index contributed by atoms with van der Waals surface area (Å²) < 4.78 is 63.2. The fourth-order valence-corrected chi connectivity index (χ4v) is 9.44. The lowest BCUT2D eigenvalue weighted by Crippen LogP contribution is -2.54. The SMILES string of the molecule is COC(=O)CC[C@@H]1O[C@@H]2CO[C@@H](c3ccc(OC)cc3)O[C@H]2/C=C\C[C@H]1O/C=C\[C@H]1O[C@H]2C[C@@H](OCc3ccc4ccccc4c3)CCO[C@@H]2C[C@@H]1O[Si](C)(C)C(C)(C)C. The number of benzene rings is 3. The van der Waals surface area contributed by atoms with Crippen molar-refractivity contribution in [3.63, 3.8) is 0 Å². The van der Waals surface area contributed by atoms with Crippen molar-refractivity contribution >= 4 is 25.1 Å². The van der Waals surface area contributed by atoms with Gasteiger partial charge in [-0.1, -0.05) is 81.5 Å². The van der Waals surface area contributed by atoms with Gasteiger partial charge >= 0.3 is 5.97 Å². The molecule has 7 rings (SSSR count). The Morgan fingerprint density at radius 1 is 0.883 bits per heavy atom. The highest BCUT2D eigenvalue weighted by molar-refractivity contribution is 6.74. The molecule has 4 aliphatic heterocycles. The summed E-state index contributed by atoms with van der Waals surface area (Å²) in [5.41, 5.74) is 2.04. The maximum atomic E-state index is 12.4. The lowest BCUT2D eigenvalue weighted by Gasteiger charge is -2.45. The molecule has 0 aliphatic carbocycles. The second kappa shape index (κ2) is 20.1. The summed E-state index contributed by atoms with van der Waals surface area (Å²) in [5, 5.41) is 2.44. The molecule has 0 aromatic heterocycles. The average Bonchev–Trinajstić information content (AvgIpc) is 3.44. The second-order valence-electron chi connectivity index (χ2n) is 17.9. The largest absolute Gasteiger partial charge is 0.497 e. The molecule has 11 nitrogen and oxygen atoms in total. The summed E-state index contributed by atoms with van der Waals surface area (Å²) in [7, 11) is 0.845. The van der Waals surface area contributed by atoms with E-state index in [1.807, 2.05) is 36.4 Å². The molecular weight excluding hydrogens is 781 g/mol. The zero-order chi connectivity index (χ0) is 42.3. The Hall–Kier alpha value is -3.59. The van der Waals surface area contributed by atoms with E-state index in [0.29, 0.717) is 39.1 Å². The Bertz CT molecular complexity index is 1910. The summed E-state index contributed by atoms with van der Waals surface area (Å²) in [6, 6.07) is 22.5. The lowest BCUT2D eigenvalue weighted by molar-refractivity contribution is -0.267. The number of hydrogen-bond donors (Lipinski definition) is 0. The zero-order valence-corrected chi connectivity index (χ0v) is 37.3. The minimum atomic E-state index is -2.19. The fourth-order valence-electron chi connectivity index (χ4n) is 8.10. The van der Waals surface area contributed by atoms with Crippen molar-refractivity contribution in [3.8, 4) is 5.75 Å². The molecule has 3 fully saturated rings. The number of fused-ring (bicyclic) bond motifs is 3. The molecule has 0 spiro atoms. The summed E-state index contributed by atoms with van der Waals surface area (Å²) in [4.78, 5) is 12.4. The molecule has 3 aromatic rings. The van der Waals surface area contributed by atoms with Crippen LogP contribution < -0.4 is 4.74 Å². The van der Waals surface area contributed by atoms with E-state index in [0.717, 1.165) is 29.7 Å². The van der Waals surface area contributed by atoms with E-state index >= 15 is 0 Å². The molecule has 0 amide bonds.